The van der Waals surface area contributed by atoms with E-state index in [9.17, 15) is 18.7 Å². The van der Waals surface area contributed by atoms with Crippen molar-refractivity contribution in [1.82, 2.24) is 4.90 Å². The lowest BCUT2D eigenvalue weighted by Gasteiger charge is -2.29. The zero-order chi connectivity index (χ0) is 14.5. The number of hydrogen-bond acceptors (Lipinski definition) is 3. The first kappa shape index (κ1) is 14.7. The monoisotopic (exact) mass is 285 g/mol. The average Bonchev–Trinajstić information content (AvgIpc) is 2.42. The maximum atomic E-state index is 11.9. The van der Waals surface area contributed by atoms with Crippen LogP contribution in [0.25, 0.3) is 0 Å². The Bertz CT molecular complexity index is 479. The summed E-state index contributed by atoms with van der Waals surface area (Å²) in [6.07, 6.45) is -1.67. The third-order valence-electron chi connectivity index (χ3n) is 3.26. The number of fused-ring (bicyclic) bond motifs is 1. The first-order valence-electron chi connectivity index (χ1n) is 6.50. The number of halogens is 2. The van der Waals surface area contributed by atoms with Gasteiger partial charge in [0.05, 0.1) is 13.0 Å². The largest absolute Gasteiger partial charge is 0.508 e. The van der Waals surface area contributed by atoms with Crippen LogP contribution in [-0.4, -0.2) is 42.1 Å². The Morgan fingerprint density at radius 3 is 2.95 bits per heavy atom. The fourth-order valence-corrected chi connectivity index (χ4v) is 2.25. The second kappa shape index (κ2) is 6.65. The number of alkyl halides is 2. The molecule has 0 atom stereocenters. The standard InChI is InChI=1S/C14H17F2NO3/c15-13(16)9-20-6-4-14(19)17-5-3-10-1-2-12(18)7-11(10)8-17/h1-2,7,13,18H,3-6,8-9H2. The summed E-state index contributed by atoms with van der Waals surface area (Å²) in [5, 5.41) is 9.44. The van der Waals surface area contributed by atoms with Gasteiger partial charge in [0, 0.05) is 13.1 Å². The van der Waals surface area contributed by atoms with Crippen molar-refractivity contribution in [3.8, 4) is 5.75 Å². The molecule has 1 aromatic carbocycles. The molecule has 0 aromatic heterocycles. The molecule has 1 N–H and O–H groups in total. The number of carbonyl (C=O) groups is 1. The van der Waals surface area contributed by atoms with Crippen LogP contribution in [0.2, 0.25) is 0 Å². The molecule has 0 saturated carbocycles. The minimum atomic E-state index is -2.50. The molecule has 0 radical (unpaired) electrons. The molecule has 0 fully saturated rings. The van der Waals surface area contributed by atoms with Gasteiger partial charge < -0.3 is 14.7 Å². The van der Waals surface area contributed by atoms with E-state index in [0.717, 1.165) is 17.5 Å². The molecule has 1 amide bonds. The molecule has 6 heteroatoms. The van der Waals surface area contributed by atoms with Crippen molar-refractivity contribution in [1.29, 1.82) is 0 Å². The molecule has 1 aliphatic heterocycles. The first-order chi connectivity index (χ1) is 9.56. The first-order valence-corrected chi connectivity index (χ1v) is 6.50. The summed E-state index contributed by atoms with van der Waals surface area (Å²) < 4.78 is 28.5. The SMILES string of the molecule is O=C(CCOCC(F)F)N1CCc2ccc(O)cc2C1. The third-order valence-corrected chi connectivity index (χ3v) is 3.26. The quantitative estimate of drug-likeness (QED) is 0.841. The summed E-state index contributed by atoms with van der Waals surface area (Å²) in [5.74, 6) is 0.0616. The molecule has 20 heavy (non-hydrogen) atoms. The van der Waals surface area contributed by atoms with Crippen LogP contribution in [-0.2, 0) is 22.5 Å². The molecule has 0 saturated heterocycles. The third kappa shape index (κ3) is 3.90. The number of aromatic hydroxyl groups is 1. The molecule has 0 aliphatic carbocycles. The topological polar surface area (TPSA) is 49.8 Å². The van der Waals surface area contributed by atoms with Gasteiger partial charge in [0.25, 0.3) is 6.43 Å². The number of hydrogen-bond donors (Lipinski definition) is 1. The number of rotatable bonds is 5. The van der Waals surface area contributed by atoms with Gasteiger partial charge in [-0.3, -0.25) is 4.79 Å². The van der Waals surface area contributed by atoms with Crippen LogP contribution in [0.4, 0.5) is 8.78 Å². The highest BCUT2D eigenvalue weighted by atomic mass is 19.3. The second-order valence-corrected chi connectivity index (χ2v) is 4.73. The van der Waals surface area contributed by atoms with Gasteiger partial charge in [-0.15, -0.1) is 0 Å². The second-order valence-electron chi connectivity index (χ2n) is 4.73. The van der Waals surface area contributed by atoms with Crippen LogP contribution in [0.5, 0.6) is 5.75 Å². The zero-order valence-corrected chi connectivity index (χ0v) is 11.0. The summed E-state index contributed by atoms with van der Waals surface area (Å²) >= 11 is 0. The van der Waals surface area contributed by atoms with Gasteiger partial charge in [0.2, 0.25) is 5.91 Å². The Hall–Kier alpha value is -1.69. The van der Waals surface area contributed by atoms with E-state index in [1.54, 1.807) is 17.0 Å². The van der Waals surface area contributed by atoms with Gasteiger partial charge >= 0.3 is 0 Å². The Kier molecular flexibility index (Phi) is 4.89. The van der Waals surface area contributed by atoms with Crippen molar-refractivity contribution < 1.29 is 23.4 Å². The van der Waals surface area contributed by atoms with E-state index in [0.29, 0.717) is 13.1 Å². The molecule has 4 nitrogen and oxygen atoms in total. The summed E-state index contributed by atoms with van der Waals surface area (Å²) in [4.78, 5) is 13.6. The molecular formula is C14H17F2NO3. The fraction of sp³-hybridized carbons (Fsp3) is 0.500. The van der Waals surface area contributed by atoms with Gasteiger partial charge in [0.15, 0.2) is 0 Å². The number of phenols is 1. The van der Waals surface area contributed by atoms with E-state index in [1.165, 1.54) is 0 Å². The van der Waals surface area contributed by atoms with Gasteiger partial charge in [-0.05, 0) is 29.7 Å². The maximum Gasteiger partial charge on any atom is 0.261 e. The van der Waals surface area contributed by atoms with Gasteiger partial charge in [-0.2, -0.15) is 0 Å². The number of ether oxygens (including phenoxy) is 1. The molecule has 110 valence electrons. The maximum absolute atomic E-state index is 11.9. The van der Waals surface area contributed by atoms with Crippen LogP contribution in [0.15, 0.2) is 18.2 Å². The summed E-state index contributed by atoms with van der Waals surface area (Å²) in [6, 6.07) is 5.15. The lowest BCUT2D eigenvalue weighted by atomic mass is 9.99. The fourth-order valence-electron chi connectivity index (χ4n) is 2.25. The van der Waals surface area contributed by atoms with Gasteiger partial charge in [0.1, 0.15) is 12.4 Å². The molecule has 1 aromatic rings. The van der Waals surface area contributed by atoms with E-state index in [4.69, 9.17) is 4.74 Å². The van der Waals surface area contributed by atoms with E-state index < -0.39 is 13.0 Å². The molecular weight excluding hydrogens is 268 g/mol. The van der Waals surface area contributed by atoms with Crippen molar-refractivity contribution in [3.05, 3.63) is 29.3 Å². The summed E-state index contributed by atoms with van der Waals surface area (Å²) in [6.45, 7) is 0.416. The number of carbonyl (C=O) groups excluding carboxylic acids is 1. The Balaban J connectivity index is 1.84. The van der Waals surface area contributed by atoms with E-state index >= 15 is 0 Å². The minimum Gasteiger partial charge on any atom is -0.508 e. The molecule has 0 unspecified atom stereocenters. The van der Waals surface area contributed by atoms with Crippen molar-refractivity contribution in [3.63, 3.8) is 0 Å². The van der Waals surface area contributed by atoms with Crippen molar-refractivity contribution in [2.45, 2.75) is 25.8 Å². The number of benzene rings is 1. The van der Waals surface area contributed by atoms with Crippen molar-refractivity contribution in [2.75, 3.05) is 19.8 Å². The average molecular weight is 285 g/mol. The van der Waals surface area contributed by atoms with Crippen molar-refractivity contribution in [2.24, 2.45) is 0 Å². The number of amides is 1. The Morgan fingerprint density at radius 2 is 2.20 bits per heavy atom. The number of phenolic OH excluding ortho intramolecular Hbond substituents is 1. The lowest BCUT2D eigenvalue weighted by molar-refractivity contribution is -0.133. The predicted molar refractivity (Wildman–Crippen MR) is 68.7 cm³/mol. The highest BCUT2D eigenvalue weighted by Crippen LogP contribution is 2.23. The van der Waals surface area contributed by atoms with Crippen LogP contribution in [0, 0.1) is 0 Å². The molecule has 2 rings (SSSR count). The number of nitrogens with zero attached hydrogens (tertiary/aromatic N) is 1. The molecule has 0 bridgehead atoms. The van der Waals surface area contributed by atoms with Crippen molar-refractivity contribution >= 4 is 5.91 Å². The van der Waals surface area contributed by atoms with E-state index in [1.807, 2.05) is 6.07 Å². The zero-order valence-electron chi connectivity index (χ0n) is 11.0. The molecule has 0 spiro atoms. The van der Waals surface area contributed by atoms with Crippen LogP contribution in [0.3, 0.4) is 0 Å². The summed E-state index contributed by atoms with van der Waals surface area (Å²) in [7, 11) is 0. The highest BCUT2D eigenvalue weighted by Gasteiger charge is 2.20. The molecule has 1 heterocycles. The smallest absolute Gasteiger partial charge is 0.261 e. The van der Waals surface area contributed by atoms with E-state index in [2.05, 4.69) is 0 Å². The van der Waals surface area contributed by atoms with Gasteiger partial charge in [-0.1, -0.05) is 6.07 Å². The minimum absolute atomic E-state index is 0.00652. The lowest BCUT2D eigenvalue weighted by Crippen LogP contribution is -2.36. The normalized spacial score (nSPS) is 14.4. The van der Waals surface area contributed by atoms with Gasteiger partial charge in [-0.25, -0.2) is 8.78 Å². The Labute approximate surface area is 116 Å². The summed E-state index contributed by atoms with van der Waals surface area (Å²) in [5.41, 5.74) is 2.05. The predicted octanol–water partition coefficient (Wildman–Crippen LogP) is 1.95. The highest BCUT2D eigenvalue weighted by molar-refractivity contribution is 5.76. The van der Waals surface area contributed by atoms with Crippen LogP contribution >= 0.6 is 0 Å². The van der Waals surface area contributed by atoms with E-state index in [-0.39, 0.29) is 24.7 Å². The van der Waals surface area contributed by atoms with Crippen LogP contribution < -0.4 is 0 Å². The Morgan fingerprint density at radius 1 is 1.40 bits per heavy atom. The van der Waals surface area contributed by atoms with Crippen LogP contribution in [0.1, 0.15) is 17.5 Å². The molecule has 1 aliphatic rings.